The highest BCUT2D eigenvalue weighted by Gasteiger charge is 2.63. The van der Waals surface area contributed by atoms with E-state index in [1.165, 1.54) is 14.0 Å². The molecule has 1 unspecified atom stereocenters. The van der Waals surface area contributed by atoms with Gasteiger partial charge in [0.2, 0.25) is 0 Å². The molecule has 0 aromatic carbocycles. The van der Waals surface area contributed by atoms with Crippen molar-refractivity contribution in [3.8, 4) is 0 Å². The van der Waals surface area contributed by atoms with Gasteiger partial charge >= 0.3 is 11.9 Å². The summed E-state index contributed by atoms with van der Waals surface area (Å²) in [4.78, 5) is 37.1. The molecule has 2 aliphatic rings. The van der Waals surface area contributed by atoms with Gasteiger partial charge < -0.3 is 14.2 Å². The van der Waals surface area contributed by atoms with Gasteiger partial charge in [-0.1, -0.05) is 0 Å². The Kier molecular flexibility index (Phi) is 5.22. The third-order valence-corrected chi connectivity index (χ3v) is 6.54. The van der Waals surface area contributed by atoms with Crippen LogP contribution in [0.4, 0.5) is 0 Å². The number of carbonyl (C=O) groups is 3. The molecule has 10 heteroatoms. The topological polar surface area (TPSA) is 116 Å². The van der Waals surface area contributed by atoms with Gasteiger partial charge in [-0.15, -0.1) is 0 Å². The van der Waals surface area contributed by atoms with Crippen LogP contribution < -0.4 is 0 Å². The van der Waals surface area contributed by atoms with E-state index in [2.05, 4.69) is 0 Å². The maximum absolute atomic E-state index is 12.8. The molecule has 0 spiro atoms. The van der Waals surface area contributed by atoms with E-state index in [9.17, 15) is 22.8 Å². The van der Waals surface area contributed by atoms with Crippen LogP contribution in [0, 0.1) is 0 Å². The SMILES string of the molecule is CO[C@@H]1C(=O)N2C(C(=O)OC(C)(C)C)=C(COC(C)=O)[C@@H](C)S(=O)(=O)C12. The van der Waals surface area contributed by atoms with Gasteiger partial charge in [0.05, 0.1) is 5.25 Å². The van der Waals surface area contributed by atoms with E-state index in [-0.39, 0.29) is 11.3 Å². The normalized spacial score (nSPS) is 27.5. The van der Waals surface area contributed by atoms with E-state index >= 15 is 0 Å². The molecule has 0 aromatic heterocycles. The summed E-state index contributed by atoms with van der Waals surface area (Å²) in [5.41, 5.74) is -1.05. The quantitative estimate of drug-likeness (QED) is 0.493. The highest BCUT2D eigenvalue weighted by Crippen LogP contribution is 2.41. The second kappa shape index (κ2) is 6.66. The average molecular weight is 389 g/mol. The lowest BCUT2D eigenvalue weighted by Crippen LogP contribution is -2.72. The molecule has 0 saturated carbocycles. The zero-order valence-corrected chi connectivity index (χ0v) is 16.4. The Morgan fingerprint density at radius 3 is 2.27 bits per heavy atom. The van der Waals surface area contributed by atoms with Crippen molar-refractivity contribution in [1.82, 2.24) is 4.90 Å². The standard InChI is InChI=1S/C16H23NO8S/c1-8-10(7-24-9(2)18)11(15(20)25-16(3,4)5)17-13(19)12(23-6)14(17)26(8,21)22/h8,12,14H,7H2,1-6H3/t8-,12-,14?/m1/s1. The Balaban J connectivity index is 2.59. The molecular formula is C16H23NO8S. The highest BCUT2D eigenvalue weighted by atomic mass is 32.2. The molecule has 2 heterocycles. The van der Waals surface area contributed by atoms with Crippen LogP contribution in [0.3, 0.4) is 0 Å². The van der Waals surface area contributed by atoms with Gasteiger partial charge in [-0.05, 0) is 27.7 Å². The number of hydrogen-bond donors (Lipinski definition) is 0. The fourth-order valence-electron chi connectivity index (χ4n) is 2.89. The zero-order valence-electron chi connectivity index (χ0n) is 15.6. The first-order chi connectivity index (χ1) is 11.8. The molecule has 0 bridgehead atoms. The molecule has 1 saturated heterocycles. The largest absolute Gasteiger partial charge is 0.461 e. The summed E-state index contributed by atoms with van der Waals surface area (Å²) in [5, 5.41) is -2.45. The maximum atomic E-state index is 12.8. The molecule has 0 aliphatic carbocycles. The summed E-state index contributed by atoms with van der Waals surface area (Å²) >= 11 is 0. The van der Waals surface area contributed by atoms with Crippen molar-refractivity contribution in [1.29, 1.82) is 0 Å². The minimum absolute atomic E-state index is 0.00797. The first-order valence-electron chi connectivity index (χ1n) is 8.01. The van der Waals surface area contributed by atoms with E-state index < -0.39 is 56.6 Å². The second-order valence-electron chi connectivity index (χ2n) is 7.14. The lowest BCUT2D eigenvalue weighted by atomic mass is 10.0. The van der Waals surface area contributed by atoms with E-state index in [0.717, 1.165) is 11.8 Å². The first kappa shape index (κ1) is 20.4. The average Bonchev–Trinajstić information content (AvgIpc) is 2.47. The van der Waals surface area contributed by atoms with E-state index in [4.69, 9.17) is 14.2 Å². The summed E-state index contributed by atoms with van der Waals surface area (Å²) in [7, 11) is -2.65. The summed E-state index contributed by atoms with van der Waals surface area (Å²) in [6.07, 6.45) is -1.19. The monoisotopic (exact) mass is 389 g/mol. The third-order valence-electron chi connectivity index (χ3n) is 4.14. The van der Waals surface area contributed by atoms with Crippen LogP contribution in [0.1, 0.15) is 34.6 Å². The molecule has 1 fully saturated rings. The number of fused-ring (bicyclic) bond motifs is 1. The van der Waals surface area contributed by atoms with Gasteiger partial charge in [0, 0.05) is 19.6 Å². The maximum Gasteiger partial charge on any atom is 0.355 e. The van der Waals surface area contributed by atoms with Gasteiger partial charge in [-0.3, -0.25) is 14.5 Å². The number of esters is 2. The summed E-state index contributed by atoms with van der Waals surface area (Å²) in [6.45, 7) is 7.05. The van der Waals surface area contributed by atoms with Crippen LogP contribution in [0.5, 0.6) is 0 Å². The Bertz CT molecular complexity index is 777. The van der Waals surface area contributed by atoms with Crippen molar-refractivity contribution in [2.45, 2.75) is 56.9 Å². The summed E-state index contributed by atoms with van der Waals surface area (Å²) in [5.74, 6) is -2.15. The number of amides is 1. The Hall–Kier alpha value is -1.94. The van der Waals surface area contributed by atoms with Crippen LogP contribution in [0.15, 0.2) is 11.3 Å². The van der Waals surface area contributed by atoms with Crippen LogP contribution in [-0.4, -0.2) is 67.2 Å². The number of carbonyl (C=O) groups excluding carboxylic acids is 3. The Morgan fingerprint density at radius 2 is 1.81 bits per heavy atom. The number of ether oxygens (including phenoxy) is 3. The molecule has 9 nitrogen and oxygen atoms in total. The molecule has 2 rings (SSSR count). The Labute approximate surface area is 152 Å². The van der Waals surface area contributed by atoms with Gasteiger partial charge in [0.1, 0.15) is 17.9 Å². The molecule has 1 amide bonds. The second-order valence-corrected chi connectivity index (χ2v) is 9.51. The van der Waals surface area contributed by atoms with Crippen molar-refractivity contribution in [2.75, 3.05) is 13.7 Å². The minimum atomic E-state index is -3.88. The lowest BCUT2D eigenvalue weighted by molar-refractivity contribution is -0.167. The number of rotatable bonds is 4. The molecule has 0 N–H and O–H groups in total. The number of sulfone groups is 1. The predicted molar refractivity (Wildman–Crippen MR) is 89.3 cm³/mol. The fraction of sp³-hybridized carbons (Fsp3) is 0.688. The zero-order chi connectivity index (χ0) is 20.0. The van der Waals surface area contributed by atoms with Gasteiger partial charge in [0.15, 0.2) is 21.3 Å². The number of nitrogens with zero attached hydrogens (tertiary/aromatic N) is 1. The van der Waals surface area contributed by atoms with Gasteiger partial charge in [-0.25, -0.2) is 13.2 Å². The molecule has 0 radical (unpaired) electrons. The molecule has 3 atom stereocenters. The van der Waals surface area contributed by atoms with Crippen LogP contribution in [0.2, 0.25) is 0 Å². The molecule has 2 aliphatic heterocycles. The number of methoxy groups -OCH3 is 1. The minimum Gasteiger partial charge on any atom is -0.461 e. The predicted octanol–water partition coefficient (Wildman–Crippen LogP) is 0.146. The molecular weight excluding hydrogens is 366 g/mol. The molecule has 26 heavy (non-hydrogen) atoms. The van der Waals surface area contributed by atoms with E-state index in [0.29, 0.717) is 0 Å². The fourth-order valence-corrected chi connectivity index (χ4v) is 4.96. The number of β-lactam (4-membered cyclic amide) rings is 1. The third kappa shape index (κ3) is 3.35. The van der Waals surface area contributed by atoms with Crippen LogP contribution in [0.25, 0.3) is 0 Å². The number of hydrogen-bond acceptors (Lipinski definition) is 8. The van der Waals surface area contributed by atoms with E-state index in [1.807, 2.05) is 0 Å². The van der Waals surface area contributed by atoms with Crippen LogP contribution >= 0.6 is 0 Å². The van der Waals surface area contributed by atoms with Crippen molar-refractivity contribution >= 4 is 27.7 Å². The van der Waals surface area contributed by atoms with Crippen molar-refractivity contribution in [2.24, 2.45) is 0 Å². The summed E-state index contributed by atoms with van der Waals surface area (Å²) in [6, 6.07) is 0. The van der Waals surface area contributed by atoms with Crippen molar-refractivity contribution in [3.63, 3.8) is 0 Å². The highest BCUT2D eigenvalue weighted by molar-refractivity contribution is 7.93. The Morgan fingerprint density at radius 1 is 1.23 bits per heavy atom. The molecule has 0 aromatic rings. The van der Waals surface area contributed by atoms with Crippen LogP contribution in [-0.2, 0) is 38.4 Å². The van der Waals surface area contributed by atoms with Gasteiger partial charge in [0.25, 0.3) is 5.91 Å². The first-order valence-corrected chi connectivity index (χ1v) is 9.62. The lowest BCUT2D eigenvalue weighted by Gasteiger charge is -2.50. The smallest absolute Gasteiger partial charge is 0.355 e. The van der Waals surface area contributed by atoms with Crippen molar-refractivity contribution < 1.29 is 37.0 Å². The molecule has 146 valence electrons. The van der Waals surface area contributed by atoms with Crippen molar-refractivity contribution in [3.05, 3.63) is 11.3 Å². The summed E-state index contributed by atoms with van der Waals surface area (Å²) < 4.78 is 40.8. The van der Waals surface area contributed by atoms with E-state index in [1.54, 1.807) is 20.8 Å². The van der Waals surface area contributed by atoms with Gasteiger partial charge in [-0.2, -0.15) is 0 Å².